The third-order valence-corrected chi connectivity index (χ3v) is 2.32. The number of aryl methyl sites for hydroxylation is 1. The summed E-state index contributed by atoms with van der Waals surface area (Å²) >= 11 is 3.38. The number of hydrogen-bond donors (Lipinski definition) is 0. The van der Waals surface area contributed by atoms with E-state index < -0.39 is 0 Å². The molecule has 0 fully saturated rings. The Kier molecular flexibility index (Phi) is 2.59. The maximum atomic E-state index is 4.26. The van der Waals surface area contributed by atoms with Gasteiger partial charge in [0.25, 0.3) is 0 Å². The predicted octanol–water partition coefficient (Wildman–Crippen LogP) is 3.21. The van der Waals surface area contributed by atoms with Crippen LogP contribution in [0.15, 0.2) is 41.3 Å². The summed E-state index contributed by atoms with van der Waals surface area (Å²) in [5.41, 5.74) is 3.24. The Hall–Kier alpha value is -1.22. The van der Waals surface area contributed by atoms with E-state index in [0.29, 0.717) is 0 Å². The molecule has 2 nitrogen and oxygen atoms in total. The number of nitrogens with zero attached hydrogens (tertiary/aromatic N) is 2. The molecule has 2 aromatic heterocycles. The Morgan fingerprint density at radius 2 is 2.07 bits per heavy atom. The van der Waals surface area contributed by atoms with Gasteiger partial charge in [-0.05, 0) is 46.6 Å². The second-order valence-electron chi connectivity index (χ2n) is 3.06. The Bertz CT molecular complexity index is 420. The van der Waals surface area contributed by atoms with Gasteiger partial charge in [0, 0.05) is 23.7 Å². The first-order chi connectivity index (χ1) is 6.75. The van der Waals surface area contributed by atoms with Crippen LogP contribution < -0.4 is 0 Å². The van der Waals surface area contributed by atoms with Crippen molar-refractivity contribution in [1.82, 2.24) is 9.97 Å². The molecule has 0 amide bonds. The maximum absolute atomic E-state index is 4.26. The van der Waals surface area contributed by atoms with Gasteiger partial charge in [0.1, 0.15) is 4.60 Å². The Morgan fingerprint density at radius 1 is 1.21 bits per heavy atom. The van der Waals surface area contributed by atoms with Crippen molar-refractivity contribution < 1.29 is 0 Å². The van der Waals surface area contributed by atoms with E-state index in [1.165, 1.54) is 0 Å². The Labute approximate surface area is 91.2 Å². The molecule has 14 heavy (non-hydrogen) atoms. The molecule has 0 aromatic carbocycles. The summed E-state index contributed by atoms with van der Waals surface area (Å²) in [7, 11) is 0. The Morgan fingerprint density at radius 3 is 2.71 bits per heavy atom. The van der Waals surface area contributed by atoms with E-state index >= 15 is 0 Å². The summed E-state index contributed by atoms with van der Waals surface area (Å²) in [6.07, 6.45) is 3.62. The molecule has 2 rings (SSSR count). The van der Waals surface area contributed by atoms with E-state index in [2.05, 4.69) is 25.9 Å². The molecule has 0 aliphatic heterocycles. The fourth-order valence-electron chi connectivity index (χ4n) is 1.33. The lowest BCUT2D eigenvalue weighted by Crippen LogP contribution is -1.85. The van der Waals surface area contributed by atoms with Gasteiger partial charge in [-0.2, -0.15) is 0 Å². The average Bonchev–Trinajstić information content (AvgIpc) is 2.18. The molecular weight excluding hydrogens is 240 g/mol. The molecule has 0 N–H and O–H groups in total. The number of rotatable bonds is 1. The molecule has 2 heterocycles. The fourth-order valence-corrected chi connectivity index (χ4v) is 1.85. The zero-order chi connectivity index (χ0) is 9.97. The molecule has 0 bridgehead atoms. The molecule has 0 aliphatic carbocycles. The van der Waals surface area contributed by atoms with Crippen LogP contribution in [0.25, 0.3) is 11.1 Å². The molecule has 0 aliphatic rings. The van der Waals surface area contributed by atoms with E-state index in [9.17, 15) is 0 Å². The van der Waals surface area contributed by atoms with Gasteiger partial charge in [-0.15, -0.1) is 0 Å². The average molecular weight is 249 g/mol. The van der Waals surface area contributed by atoms with Crippen molar-refractivity contribution in [2.75, 3.05) is 0 Å². The minimum atomic E-state index is 0.858. The van der Waals surface area contributed by atoms with Crippen molar-refractivity contribution in [3.05, 3.63) is 47.0 Å². The highest BCUT2D eigenvalue weighted by molar-refractivity contribution is 9.10. The monoisotopic (exact) mass is 248 g/mol. The van der Waals surface area contributed by atoms with Crippen LogP contribution >= 0.6 is 15.9 Å². The first-order valence-corrected chi connectivity index (χ1v) is 5.09. The summed E-state index contributed by atoms with van der Waals surface area (Å²) in [6, 6.07) is 8.00. The highest BCUT2D eigenvalue weighted by Gasteiger charge is 2.00. The van der Waals surface area contributed by atoms with Gasteiger partial charge in [0.05, 0.1) is 0 Å². The summed E-state index contributed by atoms with van der Waals surface area (Å²) in [5, 5.41) is 0. The number of hydrogen-bond acceptors (Lipinski definition) is 2. The van der Waals surface area contributed by atoms with Crippen molar-refractivity contribution in [2.24, 2.45) is 0 Å². The van der Waals surface area contributed by atoms with Crippen LogP contribution in [0.1, 0.15) is 5.69 Å². The predicted molar refractivity (Wildman–Crippen MR) is 59.9 cm³/mol. The molecule has 0 radical (unpaired) electrons. The van der Waals surface area contributed by atoms with Crippen molar-refractivity contribution in [1.29, 1.82) is 0 Å². The van der Waals surface area contributed by atoms with Gasteiger partial charge in [-0.1, -0.05) is 6.07 Å². The van der Waals surface area contributed by atoms with Crippen molar-refractivity contribution in [3.8, 4) is 11.1 Å². The van der Waals surface area contributed by atoms with Crippen LogP contribution in [0.4, 0.5) is 0 Å². The quantitative estimate of drug-likeness (QED) is 0.725. The molecule has 2 aromatic rings. The minimum absolute atomic E-state index is 0.858. The normalized spacial score (nSPS) is 10.1. The summed E-state index contributed by atoms with van der Waals surface area (Å²) in [6.45, 7) is 1.98. The van der Waals surface area contributed by atoms with E-state index in [-0.39, 0.29) is 0 Å². The molecular formula is C11H9BrN2. The van der Waals surface area contributed by atoms with Gasteiger partial charge in [-0.25, -0.2) is 4.98 Å². The van der Waals surface area contributed by atoms with Crippen molar-refractivity contribution in [2.45, 2.75) is 6.92 Å². The van der Waals surface area contributed by atoms with Gasteiger partial charge >= 0.3 is 0 Å². The lowest BCUT2D eigenvalue weighted by molar-refractivity contribution is 1.17. The molecule has 70 valence electrons. The lowest BCUT2D eigenvalue weighted by Gasteiger charge is -2.02. The van der Waals surface area contributed by atoms with Crippen molar-refractivity contribution >= 4 is 15.9 Å². The third kappa shape index (κ3) is 1.99. The van der Waals surface area contributed by atoms with Crippen LogP contribution in [0.3, 0.4) is 0 Å². The topological polar surface area (TPSA) is 25.8 Å². The van der Waals surface area contributed by atoms with E-state index in [1.54, 1.807) is 6.20 Å². The molecule has 0 saturated carbocycles. The van der Waals surface area contributed by atoms with Crippen LogP contribution in [0.5, 0.6) is 0 Å². The zero-order valence-corrected chi connectivity index (χ0v) is 9.32. The van der Waals surface area contributed by atoms with Gasteiger partial charge in [0.15, 0.2) is 0 Å². The molecule has 0 spiro atoms. The van der Waals surface area contributed by atoms with Gasteiger partial charge < -0.3 is 0 Å². The van der Waals surface area contributed by atoms with E-state index in [4.69, 9.17) is 0 Å². The fraction of sp³-hybridized carbons (Fsp3) is 0.0909. The number of halogens is 1. The molecule has 0 unspecified atom stereocenters. The smallest absolute Gasteiger partial charge is 0.106 e. The van der Waals surface area contributed by atoms with E-state index in [1.807, 2.05) is 37.4 Å². The molecule has 3 heteroatoms. The second kappa shape index (κ2) is 3.88. The number of aromatic nitrogens is 2. The first kappa shape index (κ1) is 9.34. The van der Waals surface area contributed by atoms with Crippen LogP contribution in [0.2, 0.25) is 0 Å². The van der Waals surface area contributed by atoms with E-state index in [0.717, 1.165) is 21.4 Å². The third-order valence-electron chi connectivity index (χ3n) is 1.92. The van der Waals surface area contributed by atoms with Crippen LogP contribution in [0, 0.1) is 6.92 Å². The largest absolute Gasteiger partial charge is 0.264 e. The highest BCUT2D eigenvalue weighted by Crippen LogP contribution is 2.21. The molecule has 0 atom stereocenters. The zero-order valence-electron chi connectivity index (χ0n) is 7.74. The van der Waals surface area contributed by atoms with Gasteiger partial charge in [0.2, 0.25) is 0 Å². The Balaban J connectivity index is 2.52. The lowest BCUT2D eigenvalue weighted by atomic mass is 10.1. The van der Waals surface area contributed by atoms with Crippen LogP contribution in [-0.4, -0.2) is 9.97 Å². The second-order valence-corrected chi connectivity index (χ2v) is 3.87. The van der Waals surface area contributed by atoms with Gasteiger partial charge in [-0.3, -0.25) is 4.98 Å². The number of pyridine rings is 2. The first-order valence-electron chi connectivity index (χ1n) is 4.30. The SMILES string of the molecule is Cc1cc(-c2cccnc2)cc(Br)n1. The standard InChI is InChI=1S/C11H9BrN2/c1-8-5-10(6-11(12)14-8)9-3-2-4-13-7-9/h2-7H,1H3. The maximum Gasteiger partial charge on any atom is 0.106 e. The summed E-state index contributed by atoms with van der Waals surface area (Å²) in [4.78, 5) is 8.34. The summed E-state index contributed by atoms with van der Waals surface area (Å²) in [5.74, 6) is 0. The molecule has 0 saturated heterocycles. The highest BCUT2D eigenvalue weighted by atomic mass is 79.9. The summed E-state index contributed by atoms with van der Waals surface area (Å²) < 4.78 is 0.858. The minimum Gasteiger partial charge on any atom is -0.264 e. The van der Waals surface area contributed by atoms with Crippen LogP contribution in [-0.2, 0) is 0 Å². The van der Waals surface area contributed by atoms with Crippen molar-refractivity contribution in [3.63, 3.8) is 0 Å².